The first-order chi connectivity index (χ1) is 7.25. The van der Waals surface area contributed by atoms with Gasteiger partial charge in [-0.05, 0) is 24.3 Å². The van der Waals surface area contributed by atoms with E-state index < -0.39 is 0 Å². The van der Waals surface area contributed by atoms with E-state index in [0.717, 1.165) is 0 Å². The summed E-state index contributed by atoms with van der Waals surface area (Å²) in [5.41, 5.74) is 0.886. The smallest absolute Gasteiger partial charge is 0.305 e. The van der Waals surface area contributed by atoms with E-state index in [2.05, 4.69) is 10.1 Å². The molecular weight excluding hydrogens is 197 g/mol. The van der Waals surface area contributed by atoms with Crippen molar-refractivity contribution >= 4 is 16.4 Å². The number of benzene rings is 1. The highest BCUT2D eigenvalue weighted by molar-refractivity contribution is 5.92. The van der Waals surface area contributed by atoms with Crippen LogP contribution in [0.2, 0.25) is 0 Å². The molecule has 4 nitrogen and oxygen atoms in total. The maximum atomic E-state index is 13.0. The standard InChI is InChI=1S/C10H6FN3O/c11-6-1-2-8-7(5-6)9-3-4-12-14(9)10(15)13-8/h1-5H,(H,13,15). The normalized spacial score (nSPS) is 11.3. The molecule has 3 rings (SSSR count). The van der Waals surface area contributed by atoms with Crippen LogP contribution in [-0.2, 0) is 0 Å². The number of nitrogens with one attached hydrogen (secondary N) is 1. The van der Waals surface area contributed by atoms with Crippen LogP contribution in [0.3, 0.4) is 0 Å². The molecule has 74 valence electrons. The van der Waals surface area contributed by atoms with Crippen molar-refractivity contribution in [1.29, 1.82) is 0 Å². The zero-order valence-corrected chi connectivity index (χ0v) is 7.57. The molecule has 15 heavy (non-hydrogen) atoms. The Morgan fingerprint density at radius 3 is 3.07 bits per heavy atom. The molecule has 0 unspecified atom stereocenters. The van der Waals surface area contributed by atoms with Crippen LogP contribution < -0.4 is 5.69 Å². The molecule has 0 aliphatic heterocycles. The third kappa shape index (κ3) is 1.06. The maximum absolute atomic E-state index is 13.0. The van der Waals surface area contributed by atoms with Crippen molar-refractivity contribution in [3.05, 3.63) is 46.8 Å². The molecule has 3 aromatic rings. The summed E-state index contributed by atoms with van der Waals surface area (Å²) >= 11 is 0. The lowest BCUT2D eigenvalue weighted by Gasteiger charge is -1.99. The number of rotatable bonds is 0. The number of nitrogens with zero attached hydrogens (tertiary/aromatic N) is 2. The summed E-state index contributed by atoms with van der Waals surface area (Å²) < 4.78 is 14.3. The van der Waals surface area contributed by atoms with Crippen molar-refractivity contribution in [2.24, 2.45) is 0 Å². The molecule has 0 atom stereocenters. The minimum absolute atomic E-state index is 0.325. The lowest BCUT2D eigenvalue weighted by Crippen LogP contribution is -2.17. The molecule has 1 N–H and O–H groups in total. The minimum Gasteiger partial charge on any atom is -0.305 e. The number of aromatic nitrogens is 3. The lowest BCUT2D eigenvalue weighted by molar-refractivity contribution is 0.629. The van der Waals surface area contributed by atoms with Crippen molar-refractivity contribution in [3.63, 3.8) is 0 Å². The van der Waals surface area contributed by atoms with Crippen LogP contribution >= 0.6 is 0 Å². The summed E-state index contributed by atoms with van der Waals surface area (Å²) in [6, 6.07) is 5.91. The predicted molar refractivity (Wildman–Crippen MR) is 53.3 cm³/mol. The van der Waals surface area contributed by atoms with Crippen LogP contribution in [0.15, 0.2) is 35.3 Å². The van der Waals surface area contributed by atoms with Gasteiger partial charge in [-0.1, -0.05) is 0 Å². The Kier molecular flexibility index (Phi) is 1.45. The van der Waals surface area contributed by atoms with Crippen LogP contribution in [0.5, 0.6) is 0 Å². The summed E-state index contributed by atoms with van der Waals surface area (Å²) in [7, 11) is 0. The molecular formula is C10H6FN3O. The van der Waals surface area contributed by atoms with Gasteiger partial charge >= 0.3 is 5.69 Å². The molecule has 0 saturated carbocycles. The zero-order chi connectivity index (χ0) is 10.4. The van der Waals surface area contributed by atoms with Gasteiger partial charge < -0.3 is 4.98 Å². The average Bonchev–Trinajstić information content (AvgIpc) is 2.69. The molecule has 1 aromatic carbocycles. The zero-order valence-electron chi connectivity index (χ0n) is 7.57. The topological polar surface area (TPSA) is 50.2 Å². The third-order valence-electron chi connectivity index (χ3n) is 2.33. The van der Waals surface area contributed by atoms with Gasteiger partial charge in [0.25, 0.3) is 0 Å². The summed E-state index contributed by atoms with van der Waals surface area (Å²) in [5.74, 6) is -0.336. The molecule has 0 amide bonds. The second-order valence-corrected chi connectivity index (χ2v) is 3.25. The molecule has 0 saturated heterocycles. The van der Waals surface area contributed by atoms with Crippen molar-refractivity contribution in [1.82, 2.24) is 14.6 Å². The SMILES string of the molecule is O=c1[nH]c2ccc(F)cc2c2ccnn12. The molecule has 0 aliphatic rings. The van der Waals surface area contributed by atoms with Gasteiger partial charge in [0.1, 0.15) is 5.82 Å². The van der Waals surface area contributed by atoms with Gasteiger partial charge in [-0.15, -0.1) is 0 Å². The number of aromatic amines is 1. The maximum Gasteiger partial charge on any atom is 0.347 e. The first-order valence-electron chi connectivity index (χ1n) is 4.41. The predicted octanol–water partition coefficient (Wildman–Crippen LogP) is 1.31. The second kappa shape index (κ2) is 2.66. The minimum atomic E-state index is -0.336. The number of fused-ring (bicyclic) bond motifs is 3. The van der Waals surface area contributed by atoms with Crippen LogP contribution in [-0.4, -0.2) is 14.6 Å². The van der Waals surface area contributed by atoms with E-state index in [9.17, 15) is 9.18 Å². The van der Waals surface area contributed by atoms with Crippen LogP contribution in [0.25, 0.3) is 16.4 Å². The highest BCUT2D eigenvalue weighted by Gasteiger charge is 2.05. The third-order valence-corrected chi connectivity index (χ3v) is 2.33. The van der Waals surface area contributed by atoms with Crippen molar-refractivity contribution in [3.8, 4) is 0 Å². The molecule has 0 aliphatic carbocycles. The number of hydrogen-bond acceptors (Lipinski definition) is 2. The van der Waals surface area contributed by atoms with Gasteiger partial charge in [-0.25, -0.2) is 9.18 Å². The van der Waals surface area contributed by atoms with Gasteiger partial charge in [0.05, 0.1) is 17.2 Å². The van der Waals surface area contributed by atoms with Gasteiger partial charge in [-0.3, -0.25) is 0 Å². The Balaban J connectivity index is 2.67. The number of H-pyrrole nitrogens is 1. The highest BCUT2D eigenvalue weighted by Crippen LogP contribution is 2.16. The molecule has 0 spiro atoms. The molecule has 5 heteroatoms. The molecule has 0 bridgehead atoms. The van der Waals surface area contributed by atoms with E-state index >= 15 is 0 Å². The summed E-state index contributed by atoms with van der Waals surface area (Å²) in [4.78, 5) is 14.1. The van der Waals surface area contributed by atoms with Crippen LogP contribution in [0.1, 0.15) is 0 Å². The van der Waals surface area contributed by atoms with Gasteiger partial charge in [-0.2, -0.15) is 9.61 Å². The van der Waals surface area contributed by atoms with Crippen molar-refractivity contribution in [2.75, 3.05) is 0 Å². The van der Waals surface area contributed by atoms with Gasteiger partial charge in [0, 0.05) is 5.39 Å². The Bertz CT molecular complexity index is 713. The largest absolute Gasteiger partial charge is 0.347 e. The van der Waals surface area contributed by atoms with Crippen LogP contribution in [0.4, 0.5) is 4.39 Å². The van der Waals surface area contributed by atoms with Crippen LogP contribution in [0, 0.1) is 5.82 Å². The Morgan fingerprint density at radius 1 is 1.33 bits per heavy atom. The van der Waals surface area contributed by atoms with E-state index in [1.54, 1.807) is 12.1 Å². The quantitative estimate of drug-likeness (QED) is 0.599. The number of hydrogen-bond donors (Lipinski definition) is 1. The fourth-order valence-electron chi connectivity index (χ4n) is 1.67. The summed E-state index contributed by atoms with van der Waals surface area (Å²) in [5, 5.41) is 4.49. The van der Waals surface area contributed by atoms with E-state index in [0.29, 0.717) is 16.4 Å². The monoisotopic (exact) mass is 203 g/mol. The fourth-order valence-corrected chi connectivity index (χ4v) is 1.67. The Hall–Kier alpha value is -2.17. The van der Waals surface area contributed by atoms with E-state index in [-0.39, 0.29) is 11.5 Å². The molecule has 0 radical (unpaired) electrons. The first-order valence-corrected chi connectivity index (χ1v) is 4.41. The van der Waals surface area contributed by atoms with Gasteiger partial charge in [0.2, 0.25) is 0 Å². The molecule has 2 heterocycles. The van der Waals surface area contributed by atoms with E-state index in [1.807, 2.05) is 0 Å². The Morgan fingerprint density at radius 2 is 2.20 bits per heavy atom. The van der Waals surface area contributed by atoms with E-state index in [4.69, 9.17) is 0 Å². The van der Waals surface area contributed by atoms with Crippen molar-refractivity contribution in [2.45, 2.75) is 0 Å². The first kappa shape index (κ1) is 8.16. The second-order valence-electron chi connectivity index (χ2n) is 3.25. The Labute approximate surface area is 83.0 Å². The van der Waals surface area contributed by atoms with Gasteiger partial charge in [0.15, 0.2) is 0 Å². The molecule has 0 fully saturated rings. The summed E-state index contributed by atoms with van der Waals surface area (Å²) in [6.45, 7) is 0. The van der Waals surface area contributed by atoms with Crippen molar-refractivity contribution < 1.29 is 4.39 Å². The summed E-state index contributed by atoms with van der Waals surface area (Å²) in [6.07, 6.45) is 1.51. The number of halogens is 1. The lowest BCUT2D eigenvalue weighted by atomic mass is 10.2. The molecule has 2 aromatic heterocycles. The average molecular weight is 203 g/mol. The fraction of sp³-hybridized carbons (Fsp3) is 0. The van der Waals surface area contributed by atoms with E-state index in [1.165, 1.54) is 22.8 Å². The highest BCUT2D eigenvalue weighted by atomic mass is 19.1.